The molecule has 20 heavy (non-hydrogen) atoms. The van der Waals surface area contributed by atoms with E-state index in [-0.39, 0.29) is 5.91 Å². The molecule has 2 rings (SSSR count). The maximum Gasteiger partial charge on any atom is 0.270 e. The van der Waals surface area contributed by atoms with Gasteiger partial charge in [-0.15, -0.1) is 0 Å². The number of pyridine rings is 1. The maximum absolute atomic E-state index is 12.7. The summed E-state index contributed by atoms with van der Waals surface area (Å²) in [4.78, 5) is 22.0. The molecule has 0 spiro atoms. The topological polar surface area (TPSA) is 49.0 Å². The van der Waals surface area contributed by atoms with Crippen LogP contribution in [0.5, 0.6) is 0 Å². The summed E-state index contributed by atoms with van der Waals surface area (Å²) in [5, 5.41) is 0. The minimum absolute atomic E-state index is 0.0606. The quantitative estimate of drug-likeness (QED) is 0.908. The van der Waals surface area contributed by atoms with Gasteiger partial charge in [0, 0.05) is 19.3 Å². The van der Waals surface area contributed by atoms with Crippen molar-refractivity contribution in [2.45, 2.75) is 27.7 Å². The molecule has 108 valence electrons. The Morgan fingerprint density at radius 2 is 1.90 bits per heavy atom. The fourth-order valence-corrected chi connectivity index (χ4v) is 2.36. The molecule has 0 aliphatic heterocycles. The van der Waals surface area contributed by atoms with Crippen LogP contribution in [0.2, 0.25) is 0 Å². The monoisotopic (exact) mass is 273 g/mol. The van der Waals surface area contributed by atoms with Gasteiger partial charge in [0.05, 0.1) is 11.0 Å². The van der Waals surface area contributed by atoms with E-state index in [2.05, 4.69) is 37.7 Å². The van der Waals surface area contributed by atoms with Gasteiger partial charge in [-0.3, -0.25) is 9.78 Å². The molecule has 0 bridgehead atoms. The van der Waals surface area contributed by atoms with E-state index < -0.39 is 0 Å². The molecule has 0 aromatic carbocycles. The van der Waals surface area contributed by atoms with Gasteiger partial charge in [0.2, 0.25) is 0 Å². The Bertz CT molecular complexity index is 543. The third-order valence-electron chi connectivity index (χ3n) is 3.08. The standard InChI is InChI=1S/C16H23N3O/c1-11(2)9-19(10-12(3)4)16(20)15-8-14-13(18-15)6-5-7-17-14/h5-8,11-12,18H,9-10H2,1-4H3. The van der Waals surface area contributed by atoms with Crippen LogP contribution in [0.15, 0.2) is 24.4 Å². The molecule has 0 saturated heterocycles. The summed E-state index contributed by atoms with van der Waals surface area (Å²) in [6, 6.07) is 5.65. The lowest BCUT2D eigenvalue weighted by atomic mass is 10.1. The highest BCUT2D eigenvalue weighted by Crippen LogP contribution is 2.15. The maximum atomic E-state index is 12.7. The van der Waals surface area contributed by atoms with Gasteiger partial charge < -0.3 is 9.88 Å². The second-order valence-corrected chi connectivity index (χ2v) is 6.12. The summed E-state index contributed by atoms with van der Waals surface area (Å²) < 4.78 is 0. The molecule has 4 nitrogen and oxygen atoms in total. The zero-order chi connectivity index (χ0) is 14.7. The normalized spacial score (nSPS) is 11.5. The zero-order valence-electron chi connectivity index (χ0n) is 12.7. The molecule has 1 N–H and O–H groups in total. The number of H-pyrrole nitrogens is 1. The molecule has 0 fully saturated rings. The number of carbonyl (C=O) groups excluding carboxylic acids is 1. The van der Waals surface area contributed by atoms with Gasteiger partial charge in [0.1, 0.15) is 5.69 Å². The van der Waals surface area contributed by atoms with Gasteiger partial charge in [0.15, 0.2) is 0 Å². The van der Waals surface area contributed by atoms with Crippen LogP contribution in [0.25, 0.3) is 11.0 Å². The first-order chi connectivity index (χ1) is 9.47. The summed E-state index contributed by atoms with van der Waals surface area (Å²) in [6.07, 6.45) is 1.74. The number of fused-ring (bicyclic) bond motifs is 1. The van der Waals surface area contributed by atoms with Crippen molar-refractivity contribution in [3.8, 4) is 0 Å². The van der Waals surface area contributed by atoms with Gasteiger partial charge in [-0.25, -0.2) is 0 Å². The molecule has 1 amide bonds. The Morgan fingerprint density at radius 1 is 1.25 bits per heavy atom. The molecule has 2 heterocycles. The van der Waals surface area contributed by atoms with Crippen molar-refractivity contribution >= 4 is 16.9 Å². The number of carbonyl (C=O) groups is 1. The van der Waals surface area contributed by atoms with E-state index in [1.165, 1.54) is 0 Å². The Balaban J connectivity index is 2.25. The number of rotatable bonds is 5. The first kappa shape index (κ1) is 14.6. The Kier molecular flexibility index (Phi) is 4.42. The lowest BCUT2D eigenvalue weighted by Crippen LogP contribution is -2.37. The fraction of sp³-hybridized carbons (Fsp3) is 0.500. The van der Waals surface area contributed by atoms with E-state index in [9.17, 15) is 4.79 Å². The van der Waals surface area contributed by atoms with Gasteiger partial charge >= 0.3 is 0 Å². The minimum Gasteiger partial charge on any atom is -0.349 e. The Hall–Kier alpha value is -1.84. The van der Waals surface area contributed by atoms with Crippen LogP contribution in [0.4, 0.5) is 0 Å². The number of aromatic nitrogens is 2. The van der Waals surface area contributed by atoms with Crippen LogP contribution in [0.3, 0.4) is 0 Å². The summed E-state index contributed by atoms with van der Waals surface area (Å²) in [6.45, 7) is 10.1. The molecule has 0 aliphatic rings. The van der Waals surface area contributed by atoms with Crippen molar-refractivity contribution in [1.29, 1.82) is 0 Å². The molecule has 2 aromatic rings. The molecule has 0 radical (unpaired) electrons. The average molecular weight is 273 g/mol. The van der Waals surface area contributed by atoms with Crippen molar-refractivity contribution in [2.75, 3.05) is 13.1 Å². The van der Waals surface area contributed by atoms with Crippen LogP contribution >= 0.6 is 0 Å². The van der Waals surface area contributed by atoms with Crippen LogP contribution in [-0.2, 0) is 0 Å². The second-order valence-electron chi connectivity index (χ2n) is 6.12. The summed E-state index contributed by atoms with van der Waals surface area (Å²) in [5.74, 6) is 0.978. The summed E-state index contributed by atoms with van der Waals surface area (Å²) in [5.41, 5.74) is 2.37. The fourth-order valence-electron chi connectivity index (χ4n) is 2.36. The van der Waals surface area contributed by atoms with Gasteiger partial charge in [0.25, 0.3) is 5.91 Å². The van der Waals surface area contributed by atoms with Crippen LogP contribution in [0, 0.1) is 11.8 Å². The average Bonchev–Trinajstić information content (AvgIpc) is 2.79. The molecular weight excluding hydrogens is 250 g/mol. The van der Waals surface area contributed by atoms with Crippen LogP contribution in [0.1, 0.15) is 38.2 Å². The summed E-state index contributed by atoms with van der Waals surface area (Å²) >= 11 is 0. The van der Waals surface area contributed by atoms with Gasteiger partial charge in [-0.05, 0) is 30.0 Å². The lowest BCUT2D eigenvalue weighted by Gasteiger charge is -2.25. The second kappa shape index (κ2) is 6.07. The predicted octanol–water partition coefficient (Wildman–Crippen LogP) is 3.32. The number of amides is 1. The number of aromatic amines is 1. The summed E-state index contributed by atoms with van der Waals surface area (Å²) in [7, 11) is 0. The SMILES string of the molecule is CC(C)CN(CC(C)C)C(=O)c1cc2ncccc2[nH]1. The molecule has 4 heteroatoms. The van der Waals surface area contributed by atoms with Crippen LogP contribution in [-0.4, -0.2) is 33.9 Å². The molecular formula is C16H23N3O. The Labute approximate surface area is 120 Å². The van der Waals surface area contributed by atoms with E-state index in [4.69, 9.17) is 0 Å². The van der Waals surface area contributed by atoms with Gasteiger partial charge in [-0.1, -0.05) is 27.7 Å². The zero-order valence-corrected chi connectivity index (χ0v) is 12.7. The smallest absolute Gasteiger partial charge is 0.270 e. The van der Waals surface area contributed by atoms with Crippen molar-refractivity contribution in [1.82, 2.24) is 14.9 Å². The molecule has 0 unspecified atom stereocenters. The number of hydrogen-bond acceptors (Lipinski definition) is 2. The third-order valence-corrected chi connectivity index (χ3v) is 3.08. The van der Waals surface area contributed by atoms with Crippen molar-refractivity contribution < 1.29 is 4.79 Å². The molecule has 0 aliphatic carbocycles. The largest absolute Gasteiger partial charge is 0.349 e. The first-order valence-corrected chi connectivity index (χ1v) is 7.20. The first-order valence-electron chi connectivity index (χ1n) is 7.20. The van der Waals surface area contributed by atoms with E-state index in [0.717, 1.165) is 24.1 Å². The number of nitrogens with zero attached hydrogens (tertiary/aromatic N) is 2. The molecule has 0 atom stereocenters. The highest BCUT2D eigenvalue weighted by molar-refractivity contribution is 5.97. The van der Waals surface area contributed by atoms with Crippen molar-refractivity contribution in [3.63, 3.8) is 0 Å². The van der Waals surface area contributed by atoms with E-state index in [1.54, 1.807) is 6.20 Å². The van der Waals surface area contributed by atoms with E-state index >= 15 is 0 Å². The predicted molar refractivity (Wildman–Crippen MR) is 81.7 cm³/mol. The Morgan fingerprint density at radius 3 is 2.45 bits per heavy atom. The molecule has 2 aromatic heterocycles. The van der Waals surface area contributed by atoms with Gasteiger partial charge in [-0.2, -0.15) is 0 Å². The molecule has 0 saturated carbocycles. The third kappa shape index (κ3) is 3.38. The van der Waals surface area contributed by atoms with Crippen molar-refractivity contribution in [3.05, 3.63) is 30.1 Å². The van der Waals surface area contributed by atoms with E-state index in [1.807, 2.05) is 23.1 Å². The number of nitrogens with one attached hydrogen (secondary N) is 1. The van der Waals surface area contributed by atoms with Crippen LogP contribution < -0.4 is 0 Å². The number of hydrogen-bond donors (Lipinski definition) is 1. The van der Waals surface area contributed by atoms with Crippen molar-refractivity contribution in [2.24, 2.45) is 11.8 Å². The minimum atomic E-state index is 0.0606. The lowest BCUT2D eigenvalue weighted by molar-refractivity contribution is 0.0710. The highest BCUT2D eigenvalue weighted by Gasteiger charge is 2.19. The van der Waals surface area contributed by atoms with E-state index in [0.29, 0.717) is 17.5 Å². The highest BCUT2D eigenvalue weighted by atomic mass is 16.2.